The maximum absolute atomic E-state index is 12.0. The molecule has 1 heterocycles. The Morgan fingerprint density at radius 2 is 1.84 bits per heavy atom. The van der Waals surface area contributed by atoms with Gasteiger partial charge in [-0.25, -0.2) is 9.78 Å². The number of aromatic amines is 1. The zero-order valence-electron chi connectivity index (χ0n) is 14.4. The van der Waals surface area contributed by atoms with Gasteiger partial charge in [0.2, 0.25) is 5.95 Å². The first-order chi connectivity index (χ1) is 12.1. The summed E-state index contributed by atoms with van der Waals surface area (Å²) in [7, 11) is 0. The van der Waals surface area contributed by atoms with E-state index in [9.17, 15) is 9.59 Å². The number of hydrogen-bond acceptors (Lipinski definition) is 7. The molecular formula is C17H21N3O5. The van der Waals surface area contributed by atoms with E-state index in [1.165, 1.54) is 6.20 Å². The monoisotopic (exact) mass is 347 g/mol. The van der Waals surface area contributed by atoms with Gasteiger partial charge in [0, 0.05) is 11.8 Å². The maximum atomic E-state index is 12.0. The highest BCUT2D eigenvalue weighted by atomic mass is 16.5. The molecule has 0 aliphatic carbocycles. The summed E-state index contributed by atoms with van der Waals surface area (Å²) in [4.78, 5) is 30.1. The molecule has 0 bridgehead atoms. The lowest BCUT2D eigenvalue weighted by Gasteiger charge is -2.13. The first kappa shape index (κ1) is 18.3. The number of benzene rings is 1. The summed E-state index contributed by atoms with van der Waals surface area (Å²) in [5, 5.41) is 2.96. The number of nitrogens with zero attached hydrogens (tertiary/aromatic N) is 1. The second kappa shape index (κ2) is 8.72. The number of rotatable bonds is 8. The van der Waals surface area contributed by atoms with Gasteiger partial charge in [-0.3, -0.25) is 9.78 Å². The number of esters is 1. The smallest absolute Gasteiger partial charge is 0.345 e. The highest BCUT2D eigenvalue weighted by Crippen LogP contribution is 2.31. The summed E-state index contributed by atoms with van der Waals surface area (Å²) in [6.45, 7) is 6.64. The van der Waals surface area contributed by atoms with Crippen molar-refractivity contribution in [3.05, 3.63) is 40.3 Å². The van der Waals surface area contributed by atoms with Gasteiger partial charge in [-0.1, -0.05) is 0 Å². The molecule has 0 saturated carbocycles. The third kappa shape index (κ3) is 4.72. The second-order valence-corrected chi connectivity index (χ2v) is 4.85. The van der Waals surface area contributed by atoms with Gasteiger partial charge in [-0.15, -0.1) is 0 Å². The van der Waals surface area contributed by atoms with Gasteiger partial charge in [0.15, 0.2) is 11.5 Å². The summed E-state index contributed by atoms with van der Waals surface area (Å²) in [5.74, 6) is 0.709. The molecule has 0 aliphatic rings. The van der Waals surface area contributed by atoms with E-state index in [2.05, 4.69) is 15.3 Å². The van der Waals surface area contributed by atoms with E-state index in [0.29, 0.717) is 30.4 Å². The van der Waals surface area contributed by atoms with Crippen LogP contribution in [0.5, 0.6) is 11.5 Å². The van der Waals surface area contributed by atoms with Crippen LogP contribution in [-0.4, -0.2) is 35.8 Å². The fourth-order valence-electron chi connectivity index (χ4n) is 2.08. The van der Waals surface area contributed by atoms with Crippen molar-refractivity contribution in [2.45, 2.75) is 20.8 Å². The Morgan fingerprint density at radius 1 is 1.12 bits per heavy atom. The molecule has 8 nitrogen and oxygen atoms in total. The summed E-state index contributed by atoms with van der Waals surface area (Å²) >= 11 is 0. The Morgan fingerprint density at radius 3 is 2.48 bits per heavy atom. The first-order valence-electron chi connectivity index (χ1n) is 8.02. The van der Waals surface area contributed by atoms with E-state index in [4.69, 9.17) is 14.2 Å². The van der Waals surface area contributed by atoms with Gasteiger partial charge in [-0.2, -0.15) is 0 Å². The van der Waals surface area contributed by atoms with Crippen molar-refractivity contribution in [1.29, 1.82) is 0 Å². The number of aromatic nitrogens is 2. The van der Waals surface area contributed by atoms with Crippen LogP contribution in [0.4, 0.5) is 11.6 Å². The van der Waals surface area contributed by atoms with E-state index < -0.39 is 11.5 Å². The van der Waals surface area contributed by atoms with Gasteiger partial charge in [-0.05, 0) is 32.9 Å². The van der Waals surface area contributed by atoms with Crippen LogP contribution in [0, 0.1) is 0 Å². The number of carbonyl (C=O) groups is 1. The van der Waals surface area contributed by atoms with Crippen LogP contribution < -0.4 is 20.3 Å². The second-order valence-electron chi connectivity index (χ2n) is 4.85. The number of hydrogen-bond donors (Lipinski definition) is 2. The molecule has 0 atom stereocenters. The number of H-pyrrole nitrogens is 1. The van der Waals surface area contributed by atoms with Crippen LogP contribution in [0.15, 0.2) is 29.2 Å². The van der Waals surface area contributed by atoms with Gasteiger partial charge in [0.1, 0.15) is 5.56 Å². The van der Waals surface area contributed by atoms with Crippen LogP contribution in [0.1, 0.15) is 31.1 Å². The molecule has 0 aliphatic heterocycles. The lowest BCUT2D eigenvalue weighted by Crippen LogP contribution is -2.21. The Kier molecular flexibility index (Phi) is 6.39. The molecule has 8 heteroatoms. The maximum Gasteiger partial charge on any atom is 0.345 e. The largest absolute Gasteiger partial charge is 0.490 e. The normalized spacial score (nSPS) is 10.2. The lowest BCUT2D eigenvalue weighted by molar-refractivity contribution is 0.0524. The molecule has 25 heavy (non-hydrogen) atoms. The molecule has 134 valence electrons. The summed E-state index contributed by atoms with van der Waals surface area (Å²) in [6.07, 6.45) is 1.18. The molecule has 0 unspecified atom stereocenters. The van der Waals surface area contributed by atoms with Crippen molar-refractivity contribution < 1.29 is 19.0 Å². The highest BCUT2D eigenvalue weighted by molar-refractivity contribution is 5.88. The van der Waals surface area contributed by atoms with Gasteiger partial charge in [0.05, 0.1) is 26.0 Å². The molecule has 2 rings (SSSR count). The zero-order chi connectivity index (χ0) is 18.2. The van der Waals surface area contributed by atoms with E-state index in [1.807, 2.05) is 13.8 Å². The SMILES string of the molecule is CCOC(=O)c1cnc(Nc2ccc(OCC)c(OCC)c2)[nH]c1=O. The molecule has 0 fully saturated rings. The molecule has 0 saturated heterocycles. The number of nitrogens with one attached hydrogen (secondary N) is 2. The van der Waals surface area contributed by atoms with E-state index in [0.717, 1.165) is 0 Å². The molecule has 1 aromatic heterocycles. The van der Waals surface area contributed by atoms with Crippen molar-refractivity contribution in [2.75, 3.05) is 25.1 Å². The number of ether oxygens (including phenoxy) is 3. The minimum atomic E-state index is -0.706. The average Bonchev–Trinajstić information content (AvgIpc) is 2.58. The van der Waals surface area contributed by atoms with Crippen molar-refractivity contribution in [1.82, 2.24) is 9.97 Å². The van der Waals surface area contributed by atoms with Gasteiger partial charge < -0.3 is 19.5 Å². The van der Waals surface area contributed by atoms with Crippen molar-refractivity contribution in [2.24, 2.45) is 0 Å². The standard InChI is InChI=1S/C17H21N3O5/c1-4-23-13-8-7-11(9-14(13)24-5-2)19-17-18-10-12(15(21)20-17)16(22)25-6-3/h7-10H,4-6H2,1-3H3,(H2,18,19,20,21). The predicted octanol–water partition coefficient (Wildman–Crippen LogP) is 2.49. The molecule has 0 amide bonds. The average molecular weight is 347 g/mol. The Labute approximate surface area is 145 Å². The first-order valence-corrected chi connectivity index (χ1v) is 8.02. The number of carbonyl (C=O) groups excluding carboxylic acids is 1. The Hall–Kier alpha value is -3.03. The van der Waals surface area contributed by atoms with Crippen LogP contribution in [-0.2, 0) is 4.74 Å². The molecule has 2 N–H and O–H groups in total. The minimum absolute atomic E-state index is 0.144. The molecule has 0 spiro atoms. The summed E-state index contributed by atoms with van der Waals surface area (Å²) in [5.41, 5.74) is -0.0695. The van der Waals surface area contributed by atoms with E-state index >= 15 is 0 Å². The quantitative estimate of drug-likeness (QED) is 0.707. The topological polar surface area (TPSA) is 103 Å². The van der Waals surface area contributed by atoms with Crippen LogP contribution in [0.2, 0.25) is 0 Å². The Balaban J connectivity index is 2.21. The summed E-state index contributed by atoms with van der Waals surface area (Å²) < 4.78 is 15.8. The zero-order valence-corrected chi connectivity index (χ0v) is 14.4. The van der Waals surface area contributed by atoms with E-state index in [1.54, 1.807) is 25.1 Å². The lowest BCUT2D eigenvalue weighted by atomic mass is 10.2. The molecule has 0 radical (unpaired) electrons. The van der Waals surface area contributed by atoms with Crippen molar-refractivity contribution in [3.63, 3.8) is 0 Å². The van der Waals surface area contributed by atoms with Crippen molar-refractivity contribution in [3.8, 4) is 11.5 Å². The number of anilines is 2. The fourth-order valence-corrected chi connectivity index (χ4v) is 2.08. The third-order valence-electron chi connectivity index (χ3n) is 3.10. The molecule has 1 aromatic carbocycles. The summed E-state index contributed by atoms with van der Waals surface area (Å²) in [6, 6.07) is 5.28. The van der Waals surface area contributed by atoms with Crippen LogP contribution in [0.25, 0.3) is 0 Å². The fraction of sp³-hybridized carbons (Fsp3) is 0.353. The third-order valence-corrected chi connectivity index (χ3v) is 3.10. The Bertz CT molecular complexity index is 788. The van der Waals surface area contributed by atoms with E-state index in [-0.39, 0.29) is 18.1 Å². The van der Waals surface area contributed by atoms with Gasteiger partial charge in [0.25, 0.3) is 5.56 Å². The van der Waals surface area contributed by atoms with Crippen LogP contribution in [0.3, 0.4) is 0 Å². The van der Waals surface area contributed by atoms with Crippen molar-refractivity contribution >= 4 is 17.6 Å². The molecule has 2 aromatic rings. The predicted molar refractivity (Wildman–Crippen MR) is 92.9 cm³/mol. The molecular weight excluding hydrogens is 326 g/mol. The minimum Gasteiger partial charge on any atom is -0.490 e. The van der Waals surface area contributed by atoms with Gasteiger partial charge >= 0.3 is 5.97 Å². The van der Waals surface area contributed by atoms with Crippen LogP contribution >= 0.6 is 0 Å². The highest BCUT2D eigenvalue weighted by Gasteiger charge is 2.13.